The smallest absolute Gasteiger partial charge is 0.322 e. The molecule has 20 heavy (non-hydrogen) atoms. The minimum absolute atomic E-state index is 0.207. The number of esters is 1. The Labute approximate surface area is 120 Å². The first-order valence-electron chi connectivity index (χ1n) is 7.44. The summed E-state index contributed by atoms with van der Waals surface area (Å²) in [5.41, 5.74) is 0. The van der Waals surface area contributed by atoms with E-state index in [0.29, 0.717) is 19.6 Å². The molecule has 6 nitrogen and oxygen atoms in total. The average Bonchev–Trinajstić information content (AvgIpc) is 2.98. The van der Waals surface area contributed by atoms with Crippen molar-refractivity contribution in [3.8, 4) is 0 Å². The van der Waals surface area contributed by atoms with Crippen LogP contribution >= 0.6 is 0 Å². The zero-order valence-electron chi connectivity index (χ0n) is 12.5. The van der Waals surface area contributed by atoms with Crippen LogP contribution in [0.2, 0.25) is 0 Å². The van der Waals surface area contributed by atoms with Gasteiger partial charge in [0.05, 0.1) is 13.7 Å². The van der Waals surface area contributed by atoms with Crippen molar-refractivity contribution in [3.05, 3.63) is 0 Å². The van der Waals surface area contributed by atoms with Gasteiger partial charge in [-0.1, -0.05) is 0 Å². The highest BCUT2D eigenvalue weighted by molar-refractivity contribution is 5.78. The summed E-state index contributed by atoms with van der Waals surface area (Å²) in [6.07, 6.45) is 2.41. The van der Waals surface area contributed by atoms with Crippen LogP contribution < -0.4 is 0 Å². The van der Waals surface area contributed by atoms with Crippen LogP contribution in [-0.4, -0.2) is 85.5 Å². The van der Waals surface area contributed by atoms with Gasteiger partial charge in [0.1, 0.15) is 6.04 Å². The number of nitrogens with zero attached hydrogens (tertiary/aromatic N) is 3. The van der Waals surface area contributed by atoms with Crippen molar-refractivity contribution in [3.63, 3.8) is 0 Å². The molecule has 0 bridgehead atoms. The first kappa shape index (κ1) is 15.3. The molecule has 2 aliphatic rings. The molecular weight excluding hydrogens is 258 g/mol. The van der Waals surface area contributed by atoms with Gasteiger partial charge in [0.25, 0.3) is 0 Å². The van der Waals surface area contributed by atoms with Crippen LogP contribution in [0, 0.1) is 0 Å². The fourth-order valence-corrected chi connectivity index (χ4v) is 2.91. The molecule has 2 saturated heterocycles. The Morgan fingerprint density at radius 3 is 2.20 bits per heavy atom. The summed E-state index contributed by atoms with van der Waals surface area (Å²) in [6.45, 7) is 7.38. The van der Waals surface area contributed by atoms with Gasteiger partial charge in [-0.3, -0.25) is 19.4 Å². The maximum atomic E-state index is 12.2. The summed E-state index contributed by atoms with van der Waals surface area (Å²) in [7, 11) is 1.41. The molecule has 0 aliphatic carbocycles. The van der Waals surface area contributed by atoms with Gasteiger partial charge in [-0.15, -0.1) is 0 Å². The maximum Gasteiger partial charge on any atom is 0.322 e. The molecule has 1 atom stereocenters. The van der Waals surface area contributed by atoms with Crippen molar-refractivity contribution in [2.45, 2.75) is 25.8 Å². The number of methoxy groups -OCH3 is 1. The van der Waals surface area contributed by atoms with Gasteiger partial charge in [0.2, 0.25) is 5.91 Å². The lowest BCUT2D eigenvalue weighted by Crippen LogP contribution is -2.54. The van der Waals surface area contributed by atoms with E-state index in [1.54, 1.807) is 0 Å². The molecular formula is C14H25N3O3. The molecule has 0 aromatic heterocycles. The molecule has 0 spiro atoms. The molecule has 0 radical (unpaired) electrons. The molecule has 0 aromatic rings. The third kappa shape index (κ3) is 3.70. The molecule has 0 aromatic carbocycles. The lowest BCUT2D eigenvalue weighted by molar-refractivity contribution is -0.147. The minimum atomic E-state index is -0.226. The Morgan fingerprint density at radius 2 is 1.65 bits per heavy atom. The summed E-state index contributed by atoms with van der Waals surface area (Å²) in [5.74, 6) is 0.0131. The van der Waals surface area contributed by atoms with E-state index in [1.165, 1.54) is 20.0 Å². The predicted octanol–water partition coefficient (Wildman–Crippen LogP) is -0.212. The lowest BCUT2D eigenvalue weighted by atomic mass is 10.2. The number of rotatable bonds is 4. The van der Waals surface area contributed by atoms with Crippen molar-refractivity contribution in [2.75, 3.05) is 52.9 Å². The molecule has 2 aliphatic heterocycles. The number of amides is 1. The Balaban J connectivity index is 1.75. The SMILES string of the molecule is COC(=O)[C@H](C)N1CCN(C(=O)CN2CCCC2)CC1. The molecule has 2 heterocycles. The maximum absolute atomic E-state index is 12.2. The number of carbonyl (C=O) groups is 2. The molecule has 0 N–H and O–H groups in total. The van der Waals surface area contributed by atoms with Crippen LogP contribution in [-0.2, 0) is 14.3 Å². The van der Waals surface area contributed by atoms with Crippen molar-refractivity contribution < 1.29 is 14.3 Å². The summed E-state index contributed by atoms with van der Waals surface area (Å²) in [5, 5.41) is 0. The molecule has 0 unspecified atom stereocenters. The van der Waals surface area contributed by atoms with Crippen LogP contribution in [0.15, 0.2) is 0 Å². The van der Waals surface area contributed by atoms with Crippen LogP contribution in [0.5, 0.6) is 0 Å². The Bertz CT molecular complexity index is 348. The van der Waals surface area contributed by atoms with Crippen molar-refractivity contribution >= 4 is 11.9 Å². The first-order chi connectivity index (χ1) is 9.61. The molecule has 2 fully saturated rings. The zero-order valence-corrected chi connectivity index (χ0v) is 12.5. The molecule has 114 valence electrons. The molecule has 6 heteroatoms. The Hall–Kier alpha value is -1.14. The number of carbonyl (C=O) groups excluding carboxylic acids is 2. The van der Waals surface area contributed by atoms with E-state index in [9.17, 15) is 9.59 Å². The number of hydrogen-bond acceptors (Lipinski definition) is 5. The van der Waals surface area contributed by atoms with Gasteiger partial charge in [0.15, 0.2) is 0 Å². The second-order valence-corrected chi connectivity index (χ2v) is 5.60. The van der Waals surface area contributed by atoms with Crippen LogP contribution in [0.25, 0.3) is 0 Å². The van der Waals surface area contributed by atoms with E-state index in [4.69, 9.17) is 4.74 Å². The van der Waals surface area contributed by atoms with Crippen molar-refractivity contribution in [2.24, 2.45) is 0 Å². The van der Waals surface area contributed by atoms with E-state index in [-0.39, 0.29) is 17.9 Å². The summed E-state index contributed by atoms with van der Waals surface area (Å²) in [4.78, 5) is 29.9. The second kappa shape index (κ2) is 7.04. The fourth-order valence-electron chi connectivity index (χ4n) is 2.91. The lowest BCUT2D eigenvalue weighted by Gasteiger charge is -2.37. The minimum Gasteiger partial charge on any atom is -0.468 e. The topological polar surface area (TPSA) is 53.1 Å². The van der Waals surface area contributed by atoms with E-state index in [1.807, 2.05) is 11.8 Å². The number of piperazine rings is 1. The van der Waals surface area contributed by atoms with E-state index in [2.05, 4.69) is 9.80 Å². The third-order valence-corrected chi connectivity index (χ3v) is 4.31. The quantitative estimate of drug-likeness (QED) is 0.668. The largest absolute Gasteiger partial charge is 0.468 e. The van der Waals surface area contributed by atoms with Crippen LogP contribution in [0.4, 0.5) is 0 Å². The van der Waals surface area contributed by atoms with Crippen molar-refractivity contribution in [1.29, 1.82) is 0 Å². The Kier molecular flexibility index (Phi) is 5.37. The molecule has 1 amide bonds. The van der Waals surface area contributed by atoms with E-state index in [0.717, 1.165) is 26.2 Å². The highest BCUT2D eigenvalue weighted by Crippen LogP contribution is 2.10. The highest BCUT2D eigenvalue weighted by atomic mass is 16.5. The molecule has 2 rings (SSSR count). The van der Waals surface area contributed by atoms with Crippen LogP contribution in [0.3, 0.4) is 0 Å². The summed E-state index contributed by atoms with van der Waals surface area (Å²) in [6, 6.07) is -0.226. The number of ether oxygens (including phenoxy) is 1. The zero-order chi connectivity index (χ0) is 14.5. The second-order valence-electron chi connectivity index (χ2n) is 5.60. The number of likely N-dealkylation sites (tertiary alicyclic amines) is 1. The molecule has 0 saturated carbocycles. The van der Waals surface area contributed by atoms with Gasteiger partial charge in [0, 0.05) is 26.2 Å². The number of hydrogen-bond donors (Lipinski definition) is 0. The van der Waals surface area contributed by atoms with E-state index >= 15 is 0 Å². The summed E-state index contributed by atoms with van der Waals surface area (Å²) < 4.78 is 4.76. The van der Waals surface area contributed by atoms with Gasteiger partial charge in [-0.25, -0.2) is 0 Å². The third-order valence-electron chi connectivity index (χ3n) is 4.31. The van der Waals surface area contributed by atoms with Gasteiger partial charge in [-0.05, 0) is 32.9 Å². The van der Waals surface area contributed by atoms with Gasteiger partial charge < -0.3 is 9.64 Å². The fraction of sp³-hybridized carbons (Fsp3) is 0.857. The standard InChI is InChI=1S/C14H25N3O3/c1-12(14(19)20-2)16-7-9-17(10-8-16)13(18)11-15-5-3-4-6-15/h12H,3-11H2,1-2H3/t12-/m0/s1. The predicted molar refractivity (Wildman–Crippen MR) is 75.3 cm³/mol. The average molecular weight is 283 g/mol. The van der Waals surface area contributed by atoms with Crippen molar-refractivity contribution in [1.82, 2.24) is 14.7 Å². The van der Waals surface area contributed by atoms with Crippen LogP contribution in [0.1, 0.15) is 19.8 Å². The normalized spacial score (nSPS) is 22.8. The Morgan fingerprint density at radius 1 is 1.05 bits per heavy atom. The first-order valence-corrected chi connectivity index (χ1v) is 7.44. The van der Waals surface area contributed by atoms with Gasteiger partial charge in [-0.2, -0.15) is 0 Å². The monoisotopic (exact) mass is 283 g/mol. The summed E-state index contributed by atoms with van der Waals surface area (Å²) >= 11 is 0. The van der Waals surface area contributed by atoms with Gasteiger partial charge >= 0.3 is 5.97 Å². The highest BCUT2D eigenvalue weighted by Gasteiger charge is 2.28. The van der Waals surface area contributed by atoms with E-state index < -0.39 is 0 Å².